The molecule has 0 heterocycles. The van der Waals surface area contributed by atoms with E-state index in [0.29, 0.717) is 0 Å². The van der Waals surface area contributed by atoms with E-state index in [1.165, 1.54) is 19.5 Å². The first-order valence-electron chi connectivity index (χ1n) is 5.61. The Morgan fingerprint density at radius 1 is 1.09 bits per heavy atom. The summed E-state index contributed by atoms with van der Waals surface area (Å²) in [5.41, 5.74) is -1.33. The number of amides is 1. The molecule has 0 saturated carbocycles. The lowest BCUT2D eigenvalue weighted by Crippen LogP contribution is -2.31. The molecule has 0 unspecified atom stereocenters. The lowest BCUT2D eigenvalue weighted by Gasteiger charge is -2.19. The van der Waals surface area contributed by atoms with Gasteiger partial charge in [0.05, 0.1) is 26.9 Å². The summed E-state index contributed by atoms with van der Waals surface area (Å²) in [5, 5.41) is 10.6. The van der Waals surface area contributed by atoms with E-state index in [2.05, 4.69) is 0 Å². The topological polar surface area (TPSA) is 94.1 Å². The number of hydrogen-bond acceptors (Lipinski definition) is 5. The summed E-state index contributed by atoms with van der Waals surface area (Å²) >= 11 is 0. The first-order valence-corrected chi connectivity index (χ1v) is 5.61. The summed E-state index contributed by atoms with van der Waals surface area (Å²) in [7, 11) is 3.46. The number of ether oxygens (including phenoxy) is 3. The monoisotopic (exact) mass is 323 g/mol. The van der Waals surface area contributed by atoms with E-state index < -0.39 is 35.1 Å². The molecular weight excluding hydrogens is 311 g/mol. The van der Waals surface area contributed by atoms with Crippen molar-refractivity contribution in [2.75, 3.05) is 26.6 Å². The quantitative estimate of drug-likeness (QED) is 0.860. The zero-order valence-corrected chi connectivity index (χ0v) is 11.7. The Morgan fingerprint density at radius 3 is 2.00 bits per heavy atom. The van der Waals surface area contributed by atoms with Crippen LogP contribution in [-0.4, -0.2) is 44.5 Å². The van der Waals surface area contributed by atoms with E-state index in [-0.39, 0.29) is 11.5 Å². The maximum absolute atomic E-state index is 12.4. The fraction of sp³-hybridized carbons (Fsp3) is 0.333. The molecule has 1 aromatic rings. The first-order chi connectivity index (χ1) is 10.2. The standard InChI is InChI=1S/C12H12F3NO6/c1-20-6-4-5(10(17)18)7(9(22-3)8(6)21-2)16-11(19)12(13,14)15/h4H,1-3H3,(H,16,19)(H,17,18). The minimum absolute atomic E-state index is 0.0817. The van der Waals surface area contributed by atoms with Crippen molar-refractivity contribution in [3.63, 3.8) is 0 Å². The van der Waals surface area contributed by atoms with Gasteiger partial charge in [-0.2, -0.15) is 13.2 Å². The predicted molar refractivity (Wildman–Crippen MR) is 67.7 cm³/mol. The highest BCUT2D eigenvalue weighted by Crippen LogP contribution is 2.45. The molecule has 0 saturated heterocycles. The second-order valence-corrected chi connectivity index (χ2v) is 3.82. The molecule has 0 aliphatic carbocycles. The molecule has 7 nitrogen and oxygen atoms in total. The van der Waals surface area contributed by atoms with Gasteiger partial charge in [-0.15, -0.1) is 0 Å². The van der Waals surface area contributed by atoms with Gasteiger partial charge in [0.25, 0.3) is 0 Å². The van der Waals surface area contributed by atoms with Crippen LogP contribution in [0.25, 0.3) is 0 Å². The van der Waals surface area contributed by atoms with Crippen LogP contribution in [0.2, 0.25) is 0 Å². The summed E-state index contributed by atoms with van der Waals surface area (Å²) in [6.45, 7) is 0. The second-order valence-electron chi connectivity index (χ2n) is 3.82. The highest BCUT2D eigenvalue weighted by atomic mass is 19.4. The molecule has 1 rings (SSSR count). The summed E-state index contributed by atoms with van der Waals surface area (Å²) in [4.78, 5) is 22.3. The number of carboxylic acid groups (broad SMARTS) is 1. The third-order valence-corrected chi connectivity index (χ3v) is 2.56. The molecule has 122 valence electrons. The number of nitrogens with one attached hydrogen (secondary N) is 1. The van der Waals surface area contributed by atoms with E-state index in [9.17, 15) is 22.8 Å². The van der Waals surface area contributed by atoms with Crippen molar-refractivity contribution < 1.29 is 42.1 Å². The van der Waals surface area contributed by atoms with Crippen molar-refractivity contribution in [2.45, 2.75) is 6.18 Å². The highest BCUT2D eigenvalue weighted by Gasteiger charge is 2.40. The first kappa shape index (κ1) is 17.4. The predicted octanol–water partition coefficient (Wildman–Crippen LogP) is 1.91. The number of anilines is 1. The second kappa shape index (κ2) is 6.41. The van der Waals surface area contributed by atoms with E-state index >= 15 is 0 Å². The van der Waals surface area contributed by atoms with Gasteiger partial charge in [-0.25, -0.2) is 4.79 Å². The normalized spacial score (nSPS) is 10.8. The van der Waals surface area contributed by atoms with Gasteiger partial charge in [-0.3, -0.25) is 4.79 Å². The minimum Gasteiger partial charge on any atom is -0.493 e. The van der Waals surface area contributed by atoms with Crippen molar-refractivity contribution in [3.8, 4) is 17.2 Å². The lowest BCUT2D eigenvalue weighted by molar-refractivity contribution is -0.167. The van der Waals surface area contributed by atoms with Gasteiger partial charge in [0, 0.05) is 6.07 Å². The molecule has 0 radical (unpaired) electrons. The Balaban J connectivity index is 3.58. The Hall–Kier alpha value is -2.65. The van der Waals surface area contributed by atoms with E-state index in [4.69, 9.17) is 19.3 Å². The Kier molecular flexibility index (Phi) is 5.07. The lowest BCUT2D eigenvalue weighted by atomic mass is 10.1. The largest absolute Gasteiger partial charge is 0.493 e. The molecule has 0 fully saturated rings. The number of carbonyl (C=O) groups is 2. The molecule has 0 spiro atoms. The fourth-order valence-corrected chi connectivity index (χ4v) is 1.63. The maximum Gasteiger partial charge on any atom is 0.471 e. The van der Waals surface area contributed by atoms with Gasteiger partial charge < -0.3 is 24.6 Å². The minimum atomic E-state index is -5.20. The zero-order valence-electron chi connectivity index (χ0n) is 11.7. The van der Waals surface area contributed by atoms with Crippen LogP contribution >= 0.6 is 0 Å². The maximum atomic E-state index is 12.4. The molecule has 0 aliphatic rings. The molecule has 1 amide bonds. The van der Waals surface area contributed by atoms with Crippen molar-refractivity contribution in [2.24, 2.45) is 0 Å². The van der Waals surface area contributed by atoms with Gasteiger partial charge in [0.1, 0.15) is 5.69 Å². The van der Waals surface area contributed by atoms with Gasteiger partial charge in [0.2, 0.25) is 5.75 Å². The number of carboxylic acids is 1. The average Bonchev–Trinajstić information content (AvgIpc) is 2.44. The Labute approximate surface area is 122 Å². The SMILES string of the molecule is COc1cc(C(=O)O)c(NC(=O)C(F)(F)F)c(OC)c1OC. The molecule has 0 bridgehead atoms. The van der Waals surface area contributed by atoms with Crippen LogP contribution in [0.15, 0.2) is 6.07 Å². The van der Waals surface area contributed by atoms with Crippen LogP contribution in [0.5, 0.6) is 17.2 Å². The average molecular weight is 323 g/mol. The van der Waals surface area contributed by atoms with Gasteiger partial charge in [-0.1, -0.05) is 0 Å². The zero-order chi connectivity index (χ0) is 17.1. The van der Waals surface area contributed by atoms with Crippen molar-refractivity contribution in [1.29, 1.82) is 0 Å². The number of methoxy groups -OCH3 is 3. The molecule has 0 aliphatic heterocycles. The molecule has 0 aromatic heterocycles. The Morgan fingerprint density at radius 2 is 1.64 bits per heavy atom. The number of benzene rings is 1. The van der Waals surface area contributed by atoms with Crippen molar-refractivity contribution in [1.82, 2.24) is 0 Å². The fourth-order valence-electron chi connectivity index (χ4n) is 1.63. The van der Waals surface area contributed by atoms with Crippen LogP contribution in [0.4, 0.5) is 18.9 Å². The number of hydrogen-bond donors (Lipinski definition) is 2. The van der Waals surface area contributed by atoms with Crippen LogP contribution in [0.3, 0.4) is 0 Å². The molecule has 1 aromatic carbocycles. The van der Waals surface area contributed by atoms with Crippen molar-refractivity contribution in [3.05, 3.63) is 11.6 Å². The van der Waals surface area contributed by atoms with Gasteiger partial charge in [-0.05, 0) is 0 Å². The number of alkyl halides is 3. The molecule has 2 N–H and O–H groups in total. The van der Waals surface area contributed by atoms with Gasteiger partial charge in [0.15, 0.2) is 11.5 Å². The van der Waals surface area contributed by atoms with Crippen LogP contribution < -0.4 is 19.5 Å². The van der Waals surface area contributed by atoms with E-state index in [0.717, 1.165) is 13.2 Å². The number of aromatic carboxylic acids is 1. The van der Waals surface area contributed by atoms with Crippen LogP contribution in [-0.2, 0) is 4.79 Å². The third-order valence-electron chi connectivity index (χ3n) is 2.56. The van der Waals surface area contributed by atoms with Crippen LogP contribution in [0.1, 0.15) is 10.4 Å². The van der Waals surface area contributed by atoms with Crippen LogP contribution in [0, 0.1) is 0 Å². The summed E-state index contributed by atoms with van der Waals surface area (Å²) in [5.74, 6) is -4.58. The highest BCUT2D eigenvalue weighted by molar-refractivity contribution is 6.05. The summed E-state index contributed by atoms with van der Waals surface area (Å²) < 4.78 is 51.8. The molecular formula is C12H12F3NO6. The number of rotatable bonds is 5. The van der Waals surface area contributed by atoms with E-state index in [1.54, 1.807) is 0 Å². The summed E-state index contributed by atoms with van der Waals surface area (Å²) in [6, 6.07) is 0.912. The number of halogens is 3. The van der Waals surface area contributed by atoms with E-state index in [1.807, 2.05) is 0 Å². The molecule has 10 heteroatoms. The molecule has 0 atom stereocenters. The van der Waals surface area contributed by atoms with Gasteiger partial charge >= 0.3 is 18.1 Å². The summed E-state index contributed by atoms with van der Waals surface area (Å²) in [6.07, 6.45) is -5.20. The third kappa shape index (κ3) is 3.32. The van der Waals surface area contributed by atoms with Crippen molar-refractivity contribution >= 4 is 17.6 Å². The molecule has 22 heavy (non-hydrogen) atoms. The number of carbonyl (C=O) groups excluding carboxylic acids is 1. The smallest absolute Gasteiger partial charge is 0.471 e. The Bertz CT molecular complexity index is 600.